The third-order valence-electron chi connectivity index (χ3n) is 4.79. The van der Waals surface area contributed by atoms with Crippen LogP contribution in [-0.4, -0.2) is 50.4 Å². The van der Waals surface area contributed by atoms with Crippen molar-refractivity contribution in [3.05, 3.63) is 30.0 Å². The number of anilines is 1. The van der Waals surface area contributed by atoms with E-state index in [1.807, 2.05) is 6.20 Å². The fourth-order valence-corrected chi connectivity index (χ4v) is 3.42. The van der Waals surface area contributed by atoms with Crippen LogP contribution in [0.25, 0.3) is 11.0 Å². The Hall–Kier alpha value is -2.97. The van der Waals surface area contributed by atoms with Crippen LogP contribution in [0, 0.1) is 6.92 Å². The molecule has 0 aliphatic carbocycles. The summed E-state index contributed by atoms with van der Waals surface area (Å²) in [4.78, 5) is 23.3. The van der Waals surface area contributed by atoms with E-state index in [0.717, 1.165) is 29.9 Å². The molecule has 1 fully saturated rings. The number of amides is 1. The largest absolute Gasteiger partial charge is 0.361 e. The Morgan fingerprint density at radius 2 is 2.04 bits per heavy atom. The molecule has 3 aromatic heterocycles. The van der Waals surface area contributed by atoms with Crippen molar-refractivity contribution in [2.75, 3.05) is 24.5 Å². The zero-order valence-corrected chi connectivity index (χ0v) is 15.4. The van der Waals surface area contributed by atoms with E-state index in [1.165, 1.54) is 25.7 Å². The average Bonchev–Trinajstić information content (AvgIpc) is 3.19. The van der Waals surface area contributed by atoms with Gasteiger partial charge in [0.2, 0.25) is 0 Å². The summed E-state index contributed by atoms with van der Waals surface area (Å²) < 4.78 is 6.72. The first-order chi connectivity index (χ1) is 13.2. The molecule has 1 saturated heterocycles. The van der Waals surface area contributed by atoms with E-state index < -0.39 is 0 Å². The van der Waals surface area contributed by atoms with E-state index in [4.69, 9.17) is 4.52 Å². The molecule has 0 unspecified atom stereocenters. The Morgan fingerprint density at radius 1 is 1.22 bits per heavy atom. The second-order valence-electron chi connectivity index (χ2n) is 6.78. The fourth-order valence-electron chi connectivity index (χ4n) is 3.42. The number of carbonyl (C=O) groups excluding carboxylic acids is 1. The number of fused-ring (bicyclic) bond motifs is 1. The standard InChI is InChI=1S/C18H23N7O2/c1-13-10-15(23-27-13)18(26)19-6-9-25-17-14(11-22-25)16(20-12-21-17)24-7-4-2-3-5-8-24/h10-12H,2-9H2,1H3,(H,19,26). The minimum atomic E-state index is -0.261. The molecule has 0 atom stereocenters. The van der Waals surface area contributed by atoms with Crippen molar-refractivity contribution in [1.82, 2.24) is 30.2 Å². The summed E-state index contributed by atoms with van der Waals surface area (Å²) in [7, 11) is 0. The Labute approximate surface area is 156 Å². The van der Waals surface area contributed by atoms with Gasteiger partial charge in [0, 0.05) is 25.7 Å². The lowest BCUT2D eigenvalue weighted by Crippen LogP contribution is -2.28. The lowest BCUT2D eigenvalue weighted by Gasteiger charge is -2.21. The lowest BCUT2D eigenvalue weighted by molar-refractivity contribution is 0.0943. The van der Waals surface area contributed by atoms with E-state index in [9.17, 15) is 4.79 Å². The second-order valence-corrected chi connectivity index (χ2v) is 6.78. The first kappa shape index (κ1) is 17.4. The van der Waals surface area contributed by atoms with Gasteiger partial charge in [-0.15, -0.1) is 0 Å². The Balaban J connectivity index is 1.45. The number of nitrogens with one attached hydrogen (secondary N) is 1. The van der Waals surface area contributed by atoms with E-state index in [-0.39, 0.29) is 11.6 Å². The maximum atomic E-state index is 12.0. The highest BCUT2D eigenvalue weighted by molar-refractivity contribution is 5.92. The number of hydrogen-bond donors (Lipinski definition) is 1. The molecule has 1 N–H and O–H groups in total. The molecule has 27 heavy (non-hydrogen) atoms. The third-order valence-corrected chi connectivity index (χ3v) is 4.79. The molecule has 1 amide bonds. The van der Waals surface area contributed by atoms with Gasteiger partial charge in [0.1, 0.15) is 17.9 Å². The van der Waals surface area contributed by atoms with Crippen molar-refractivity contribution in [2.24, 2.45) is 0 Å². The number of rotatable bonds is 5. The molecular formula is C18H23N7O2. The van der Waals surface area contributed by atoms with E-state index in [1.54, 1.807) is 24.0 Å². The van der Waals surface area contributed by atoms with Gasteiger partial charge in [-0.2, -0.15) is 5.10 Å². The predicted octanol–water partition coefficient (Wildman–Crippen LogP) is 1.93. The SMILES string of the molecule is Cc1cc(C(=O)NCCn2ncc3c(N4CCCCCC4)ncnc32)no1. The first-order valence-electron chi connectivity index (χ1n) is 9.35. The summed E-state index contributed by atoms with van der Waals surface area (Å²) in [5, 5.41) is 11.9. The maximum absolute atomic E-state index is 12.0. The van der Waals surface area contributed by atoms with Crippen LogP contribution in [-0.2, 0) is 6.54 Å². The van der Waals surface area contributed by atoms with E-state index in [2.05, 4.69) is 30.4 Å². The zero-order chi connectivity index (χ0) is 18.6. The van der Waals surface area contributed by atoms with Crippen LogP contribution < -0.4 is 10.2 Å². The van der Waals surface area contributed by atoms with Crippen LogP contribution in [0.1, 0.15) is 41.9 Å². The van der Waals surface area contributed by atoms with Gasteiger partial charge in [-0.05, 0) is 19.8 Å². The molecule has 0 saturated carbocycles. The zero-order valence-electron chi connectivity index (χ0n) is 15.4. The molecule has 142 valence electrons. The Bertz CT molecular complexity index is 925. The fraction of sp³-hybridized carbons (Fsp3) is 0.500. The number of nitrogens with zero attached hydrogens (tertiary/aromatic N) is 6. The summed E-state index contributed by atoms with van der Waals surface area (Å²) in [5.74, 6) is 1.30. The van der Waals surface area contributed by atoms with Crippen LogP contribution in [0.2, 0.25) is 0 Å². The van der Waals surface area contributed by atoms with Crippen molar-refractivity contribution in [3.8, 4) is 0 Å². The number of hydrogen-bond acceptors (Lipinski definition) is 7. The summed E-state index contributed by atoms with van der Waals surface area (Å²) in [6.45, 7) is 4.73. The van der Waals surface area contributed by atoms with Crippen molar-refractivity contribution in [3.63, 3.8) is 0 Å². The predicted molar refractivity (Wildman–Crippen MR) is 99.6 cm³/mol. The van der Waals surface area contributed by atoms with Crippen molar-refractivity contribution in [1.29, 1.82) is 0 Å². The molecule has 0 spiro atoms. The van der Waals surface area contributed by atoms with Crippen LogP contribution in [0.15, 0.2) is 23.1 Å². The summed E-state index contributed by atoms with van der Waals surface area (Å²) in [5.41, 5.74) is 1.07. The van der Waals surface area contributed by atoms with Gasteiger partial charge in [-0.3, -0.25) is 4.79 Å². The van der Waals surface area contributed by atoms with Gasteiger partial charge < -0.3 is 14.7 Å². The summed E-state index contributed by atoms with van der Waals surface area (Å²) in [6.07, 6.45) is 8.33. The molecule has 0 bridgehead atoms. The highest BCUT2D eigenvalue weighted by atomic mass is 16.5. The third kappa shape index (κ3) is 3.76. The van der Waals surface area contributed by atoms with E-state index in [0.29, 0.717) is 18.8 Å². The first-order valence-corrected chi connectivity index (χ1v) is 9.35. The minimum Gasteiger partial charge on any atom is -0.361 e. The topological polar surface area (TPSA) is 102 Å². The van der Waals surface area contributed by atoms with Gasteiger partial charge in [-0.1, -0.05) is 18.0 Å². The number of carbonyl (C=O) groups is 1. The van der Waals surface area contributed by atoms with Gasteiger partial charge in [0.15, 0.2) is 11.3 Å². The Kier molecular flexibility index (Phi) is 4.99. The second kappa shape index (κ2) is 7.73. The summed E-state index contributed by atoms with van der Waals surface area (Å²) in [6, 6.07) is 1.61. The van der Waals surface area contributed by atoms with Crippen LogP contribution in [0.4, 0.5) is 5.82 Å². The molecule has 4 heterocycles. The van der Waals surface area contributed by atoms with Gasteiger partial charge in [0.25, 0.3) is 5.91 Å². The molecule has 0 aromatic carbocycles. The molecule has 9 nitrogen and oxygen atoms in total. The monoisotopic (exact) mass is 369 g/mol. The molecule has 3 aromatic rings. The molecule has 0 radical (unpaired) electrons. The normalized spacial score (nSPS) is 15.1. The highest BCUT2D eigenvalue weighted by Crippen LogP contribution is 2.24. The van der Waals surface area contributed by atoms with Gasteiger partial charge >= 0.3 is 0 Å². The smallest absolute Gasteiger partial charge is 0.273 e. The van der Waals surface area contributed by atoms with Gasteiger partial charge in [-0.25, -0.2) is 14.6 Å². The quantitative estimate of drug-likeness (QED) is 0.733. The molecular weight excluding hydrogens is 346 g/mol. The van der Waals surface area contributed by atoms with Crippen molar-refractivity contribution < 1.29 is 9.32 Å². The lowest BCUT2D eigenvalue weighted by atomic mass is 10.2. The molecule has 1 aliphatic heterocycles. The number of aromatic nitrogens is 5. The van der Waals surface area contributed by atoms with Crippen molar-refractivity contribution >= 4 is 22.8 Å². The Morgan fingerprint density at radius 3 is 2.78 bits per heavy atom. The molecule has 1 aliphatic rings. The van der Waals surface area contributed by atoms with Crippen LogP contribution in [0.5, 0.6) is 0 Å². The van der Waals surface area contributed by atoms with Crippen LogP contribution >= 0.6 is 0 Å². The average molecular weight is 369 g/mol. The van der Waals surface area contributed by atoms with Gasteiger partial charge in [0.05, 0.1) is 18.1 Å². The molecule has 9 heteroatoms. The van der Waals surface area contributed by atoms with Crippen molar-refractivity contribution in [2.45, 2.75) is 39.2 Å². The minimum absolute atomic E-state index is 0.261. The summed E-state index contributed by atoms with van der Waals surface area (Å²) >= 11 is 0. The number of aryl methyl sites for hydroxylation is 1. The molecule has 4 rings (SSSR count). The van der Waals surface area contributed by atoms with E-state index >= 15 is 0 Å². The highest BCUT2D eigenvalue weighted by Gasteiger charge is 2.17. The van der Waals surface area contributed by atoms with Crippen LogP contribution in [0.3, 0.4) is 0 Å². The maximum Gasteiger partial charge on any atom is 0.273 e.